The predicted molar refractivity (Wildman–Crippen MR) is 102 cm³/mol. The third-order valence-corrected chi connectivity index (χ3v) is 4.84. The van der Waals surface area contributed by atoms with Gasteiger partial charge in [-0.1, -0.05) is 90.6 Å². The highest BCUT2D eigenvalue weighted by molar-refractivity contribution is 5.80. The van der Waals surface area contributed by atoms with Crippen molar-refractivity contribution >= 4 is 5.91 Å². The van der Waals surface area contributed by atoms with E-state index in [0.29, 0.717) is 4.48 Å². The van der Waals surface area contributed by atoms with Gasteiger partial charge in [0.15, 0.2) is 0 Å². The Morgan fingerprint density at radius 1 is 0.739 bits per heavy atom. The second-order valence-electron chi connectivity index (χ2n) is 7.55. The number of carbonyl (C=O) groups is 1. The zero-order valence-electron chi connectivity index (χ0n) is 16.2. The van der Waals surface area contributed by atoms with E-state index in [0.717, 1.165) is 13.0 Å². The molecule has 2 nitrogen and oxygen atoms in total. The molecule has 0 aliphatic rings. The molecule has 0 rings (SSSR count). The summed E-state index contributed by atoms with van der Waals surface area (Å²) in [7, 11) is 3.96. The van der Waals surface area contributed by atoms with Crippen molar-refractivity contribution in [2.45, 2.75) is 96.8 Å². The Kier molecular flexibility index (Phi) is 14.5. The van der Waals surface area contributed by atoms with Crippen LogP contribution in [0.4, 0.5) is 0 Å². The van der Waals surface area contributed by atoms with Gasteiger partial charge in [0, 0.05) is 6.08 Å². The summed E-state index contributed by atoms with van der Waals surface area (Å²) >= 11 is 0. The molecule has 0 bridgehead atoms. The number of hydrogen-bond donors (Lipinski definition) is 0. The quantitative estimate of drug-likeness (QED) is 0.186. The Hall–Kier alpha value is -0.630. The second-order valence-corrected chi connectivity index (χ2v) is 7.55. The molecule has 0 aliphatic carbocycles. The highest BCUT2D eigenvalue weighted by Gasteiger charge is 2.21. The minimum absolute atomic E-state index is 0.125. The summed E-state index contributed by atoms with van der Waals surface area (Å²) in [4.78, 5) is 11.7. The summed E-state index contributed by atoms with van der Waals surface area (Å²) in [5, 5.41) is 0. The van der Waals surface area contributed by atoms with Gasteiger partial charge in [-0.15, -0.1) is 0 Å². The van der Waals surface area contributed by atoms with Crippen molar-refractivity contribution in [2.75, 3.05) is 20.6 Å². The molecule has 0 aromatic rings. The Labute approximate surface area is 145 Å². The SMILES string of the molecule is C=CC(=O)[N+](C)(C)CCCCCCCCCCCCCCCC. The molecule has 0 atom stereocenters. The first-order valence-electron chi connectivity index (χ1n) is 10.0. The van der Waals surface area contributed by atoms with Crippen molar-refractivity contribution in [3.05, 3.63) is 12.7 Å². The molecule has 0 saturated heterocycles. The Morgan fingerprint density at radius 3 is 1.43 bits per heavy atom. The standard InChI is InChI=1S/C21H42NO/c1-5-7-8-9-10-11-12-13-14-15-16-17-18-19-20-22(3,4)21(23)6-2/h6H,2,5,7-20H2,1,3-4H3/q+1. The third-order valence-electron chi connectivity index (χ3n) is 4.84. The van der Waals surface area contributed by atoms with Gasteiger partial charge < -0.3 is 0 Å². The highest BCUT2D eigenvalue weighted by atomic mass is 16.2. The van der Waals surface area contributed by atoms with E-state index in [1.54, 1.807) is 0 Å². The number of nitrogens with zero attached hydrogens (tertiary/aromatic N) is 1. The molecule has 0 aromatic carbocycles. The number of carbonyl (C=O) groups excluding carboxylic acids is 1. The number of amides is 1. The normalized spacial score (nSPS) is 11.6. The molecular formula is C21H42NO+. The molecule has 0 fully saturated rings. The molecule has 2 heteroatoms. The van der Waals surface area contributed by atoms with Gasteiger partial charge in [-0.25, -0.2) is 4.79 Å². The van der Waals surface area contributed by atoms with E-state index >= 15 is 0 Å². The van der Waals surface area contributed by atoms with E-state index in [1.807, 2.05) is 14.1 Å². The summed E-state index contributed by atoms with van der Waals surface area (Å²) in [6.45, 7) is 6.79. The van der Waals surface area contributed by atoms with Crippen LogP contribution in [0.5, 0.6) is 0 Å². The first-order valence-corrected chi connectivity index (χ1v) is 10.0. The van der Waals surface area contributed by atoms with Crippen LogP contribution < -0.4 is 0 Å². The van der Waals surface area contributed by atoms with Crippen LogP contribution in [-0.2, 0) is 4.79 Å². The maximum absolute atomic E-state index is 11.7. The van der Waals surface area contributed by atoms with Gasteiger partial charge in [0.1, 0.15) is 0 Å². The monoisotopic (exact) mass is 324 g/mol. The molecule has 23 heavy (non-hydrogen) atoms. The van der Waals surface area contributed by atoms with E-state index in [2.05, 4.69) is 13.5 Å². The Bertz CT molecular complexity index is 296. The summed E-state index contributed by atoms with van der Waals surface area (Å²) in [6, 6.07) is 0. The van der Waals surface area contributed by atoms with Gasteiger partial charge in [-0.2, -0.15) is 0 Å². The Balaban J connectivity index is 3.25. The maximum atomic E-state index is 11.7. The summed E-state index contributed by atoms with van der Waals surface area (Å²) in [6.07, 6.45) is 20.7. The largest absolute Gasteiger partial charge is 0.337 e. The van der Waals surface area contributed by atoms with Crippen LogP contribution in [0.2, 0.25) is 0 Å². The molecular weight excluding hydrogens is 282 g/mol. The summed E-state index contributed by atoms with van der Waals surface area (Å²) in [5.74, 6) is 0.125. The minimum Gasteiger partial charge on any atom is -0.261 e. The van der Waals surface area contributed by atoms with Gasteiger partial charge >= 0.3 is 5.91 Å². The number of quaternary nitrogens is 1. The topological polar surface area (TPSA) is 17.1 Å². The smallest absolute Gasteiger partial charge is 0.261 e. The van der Waals surface area contributed by atoms with Crippen LogP contribution in [-0.4, -0.2) is 31.0 Å². The highest BCUT2D eigenvalue weighted by Crippen LogP contribution is 2.13. The molecule has 0 saturated carbocycles. The van der Waals surface area contributed by atoms with Crippen LogP contribution in [0, 0.1) is 0 Å². The number of hydrogen-bond acceptors (Lipinski definition) is 1. The van der Waals surface area contributed by atoms with Crippen LogP contribution in [0.15, 0.2) is 12.7 Å². The van der Waals surface area contributed by atoms with E-state index in [4.69, 9.17) is 0 Å². The molecule has 0 heterocycles. The van der Waals surface area contributed by atoms with Crippen molar-refractivity contribution in [1.82, 2.24) is 0 Å². The minimum atomic E-state index is 0.125. The zero-order chi connectivity index (χ0) is 17.4. The average Bonchev–Trinajstić information content (AvgIpc) is 2.54. The average molecular weight is 325 g/mol. The maximum Gasteiger partial charge on any atom is 0.337 e. The predicted octanol–water partition coefficient (Wildman–Crippen LogP) is 6.26. The molecule has 0 aromatic heterocycles. The lowest BCUT2D eigenvalue weighted by molar-refractivity contribution is -0.811. The fraction of sp³-hybridized carbons (Fsp3) is 0.857. The summed E-state index contributed by atoms with van der Waals surface area (Å²) < 4.78 is 0.446. The van der Waals surface area contributed by atoms with Crippen molar-refractivity contribution in [1.29, 1.82) is 0 Å². The lowest BCUT2D eigenvalue weighted by Gasteiger charge is -2.25. The van der Waals surface area contributed by atoms with Gasteiger partial charge in [-0.3, -0.25) is 4.48 Å². The van der Waals surface area contributed by atoms with Crippen LogP contribution >= 0.6 is 0 Å². The van der Waals surface area contributed by atoms with Crippen molar-refractivity contribution in [2.24, 2.45) is 0 Å². The number of rotatable bonds is 16. The van der Waals surface area contributed by atoms with E-state index in [-0.39, 0.29) is 5.91 Å². The molecule has 0 unspecified atom stereocenters. The van der Waals surface area contributed by atoms with Crippen molar-refractivity contribution < 1.29 is 9.28 Å². The fourth-order valence-electron chi connectivity index (χ4n) is 3.06. The molecule has 0 N–H and O–H groups in total. The van der Waals surface area contributed by atoms with E-state index in [9.17, 15) is 4.79 Å². The van der Waals surface area contributed by atoms with Crippen LogP contribution in [0.25, 0.3) is 0 Å². The zero-order valence-corrected chi connectivity index (χ0v) is 16.2. The van der Waals surface area contributed by atoms with E-state index in [1.165, 1.54) is 89.5 Å². The molecule has 0 spiro atoms. The van der Waals surface area contributed by atoms with Crippen LogP contribution in [0.1, 0.15) is 96.8 Å². The molecule has 1 amide bonds. The van der Waals surface area contributed by atoms with Gasteiger partial charge in [0.25, 0.3) is 0 Å². The molecule has 136 valence electrons. The van der Waals surface area contributed by atoms with Crippen LogP contribution in [0.3, 0.4) is 0 Å². The first kappa shape index (κ1) is 22.4. The summed E-state index contributed by atoms with van der Waals surface area (Å²) in [5.41, 5.74) is 0. The lowest BCUT2D eigenvalue weighted by Crippen LogP contribution is -2.45. The second kappa shape index (κ2) is 14.9. The molecule has 0 aliphatic heterocycles. The first-order chi connectivity index (χ1) is 11.0. The lowest BCUT2D eigenvalue weighted by atomic mass is 10.0. The van der Waals surface area contributed by atoms with Crippen molar-refractivity contribution in [3.8, 4) is 0 Å². The Morgan fingerprint density at radius 2 is 1.09 bits per heavy atom. The van der Waals surface area contributed by atoms with E-state index < -0.39 is 0 Å². The molecule has 0 radical (unpaired) electrons. The van der Waals surface area contributed by atoms with Gasteiger partial charge in [0.2, 0.25) is 0 Å². The fourth-order valence-corrected chi connectivity index (χ4v) is 3.06. The number of likely N-dealkylation sites (N-methyl/N-ethyl adjacent to an activating group) is 1. The van der Waals surface area contributed by atoms with Crippen molar-refractivity contribution in [3.63, 3.8) is 0 Å². The number of unbranched alkanes of at least 4 members (excludes halogenated alkanes) is 13. The van der Waals surface area contributed by atoms with Gasteiger partial charge in [-0.05, 0) is 12.8 Å². The third kappa shape index (κ3) is 13.5. The van der Waals surface area contributed by atoms with Gasteiger partial charge in [0.05, 0.1) is 20.6 Å².